The van der Waals surface area contributed by atoms with Gasteiger partial charge in [-0.2, -0.15) is 8.42 Å². The number of anilines is 2. The van der Waals surface area contributed by atoms with E-state index in [2.05, 4.69) is 5.32 Å². The average molecular weight is 284 g/mol. The second-order valence-corrected chi connectivity index (χ2v) is 5.43. The molecule has 0 aliphatic heterocycles. The lowest BCUT2D eigenvalue weighted by Crippen LogP contribution is -1.98. The molecule has 0 saturated carbocycles. The van der Waals surface area contributed by atoms with Crippen LogP contribution >= 0.6 is 11.6 Å². The van der Waals surface area contributed by atoms with Crippen molar-refractivity contribution in [1.29, 1.82) is 0 Å². The molecule has 0 amide bonds. The summed E-state index contributed by atoms with van der Waals surface area (Å²) in [5, 5.41) is 3.61. The number of hydrogen-bond acceptors (Lipinski definition) is 3. The van der Waals surface area contributed by atoms with Gasteiger partial charge in [0.25, 0.3) is 10.1 Å². The van der Waals surface area contributed by atoms with Crippen molar-refractivity contribution in [3.8, 4) is 0 Å². The lowest BCUT2D eigenvalue weighted by Gasteiger charge is -2.08. The van der Waals surface area contributed by atoms with E-state index >= 15 is 0 Å². The fourth-order valence-electron chi connectivity index (χ4n) is 1.43. The van der Waals surface area contributed by atoms with E-state index < -0.39 is 10.1 Å². The van der Waals surface area contributed by atoms with Crippen molar-refractivity contribution >= 4 is 33.1 Å². The van der Waals surface area contributed by atoms with Crippen LogP contribution in [0.2, 0.25) is 5.02 Å². The van der Waals surface area contributed by atoms with Crippen LogP contribution in [0.3, 0.4) is 0 Å². The van der Waals surface area contributed by atoms with Gasteiger partial charge >= 0.3 is 0 Å². The van der Waals surface area contributed by atoms with Gasteiger partial charge in [-0.05, 0) is 36.4 Å². The van der Waals surface area contributed by atoms with Gasteiger partial charge in [-0.3, -0.25) is 4.55 Å². The maximum absolute atomic E-state index is 10.9. The van der Waals surface area contributed by atoms with Crippen molar-refractivity contribution in [3.05, 3.63) is 53.6 Å². The first kappa shape index (κ1) is 12.9. The Morgan fingerprint density at radius 2 is 1.61 bits per heavy atom. The van der Waals surface area contributed by atoms with Crippen LogP contribution in [0.25, 0.3) is 0 Å². The average Bonchev–Trinajstić information content (AvgIpc) is 2.32. The number of para-hydroxylation sites is 1. The highest BCUT2D eigenvalue weighted by Crippen LogP contribution is 2.25. The van der Waals surface area contributed by atoms with E-state index in [1.165, 1.54) is 12.1 Å². The molecule has 6 heteroatoms. The predicted octanol–water partition coefficient (Wildman–Crippen LogP) is 3.33. The SMILES string of the molecule is O=S(=O)(O)c1ccc(Nc2ccccc2Cl)cc1. The molecule has 2 aromatic carbocycles. The maximum Gasteiger partial charge on any atom is 0.294 e. The molecule has 0 aliphatic rings. The Labute approximate surface area is 110 Å². The second-order valence-electron chi connectivity index (χ2n) is 3.60. The Morgan fingerprint density at radius 3 is 2.17 bits per heavy atom. The zero-order valence-electron chi connectivity index (χ0n) is 9.17. The van der Waals surface area contributed by atoms with E-state index in [0.29, 0.717) is 10.7 Å². The van der Waals surface area contributed by atoms with Crippen LogP contribution in [0, 0.1) is 0 Å². The largest absolute Gasteiger partial charge is 0.354 e. The van der Waals surface area contributed by atoms with Crippen molar-refractivity contribution in [1.82, 2.24) is 0 Å². The second kappa shape index (κ2) is 4.97. The number of nitrogens with one attached hydrogen (secondary N) is 1. The molecule has 4 nitrogen and oxygen atoms in total. The molecule has 2 N–H and O–H groups in total. The number of halogens is 1. The quantitative estimate of drug-likeness (QED) is 0.848. The zero-order chi connectivity index (χ0) is 13.2. The van der Waals surface area contributed by atoms with Gasteiger partial charge in [-0.25, -0.2) is 0 Å². The van der Waals surface area contributed by atoms with Crippen molar-refractivity contribution in [2.75, 3.05) is 5.32 Å². The summed E-state index contributed by atoms with van der Waals surface area (Å²) in [6.45, 7) is 0. The van der Waals surface area contributed by atoms with Crippen LogP contribution in [0.5, 0.6) is 0 Å². The molecule has 0 unspecified atom stereocenters. The molecule has 0 saturated heterocycles. The molecule has 18 heavy (non-hydrogen) atoms. The summed E-state index contributed by atoms with van der Waals surface area (Å²) in [6.07, 6.45) is 0. The molecule has 0 radical (unpaired) electrons. The molecule has 0 aliphatic carbocycles. The fourth-order valence-corrected chi connectivity index (χ4v) is 2.09. The summed E-state index contributed by atoms with van der Waals surface area (Å²) in [7, 11) is -4.15. The smallest absolute Gasteiger partial charge is 0.294 e. The minimum Gasteiger partial charge on any atom is -0.354 e. The van der Waals surface area contributed by atoms with E-state index in [1.54, 1.807) is 24.3 Å². The van der Waals surface area contributed by atoms with Crippen LogP contribution < -0.4 is 5.32 Å². The van der Waals surface area contributed by atoms with Crippen LogP contribution in [0.1, 0.15) is 0 Å². The molecule has 94 valence electrons. The Morgan fingerprint density at radius 1 is 1.00 bits per heavy atom. The third-order valence-corrected chi connectivity index (χ3v) is 3.50. The molecule has 0 heterocycles. The molecular weight excluding hydrogens is 274 g/mol. The van der Waals surface area contributed by atoms with Gasteiger partial charge in [0.1, 0.15) is 0 Å². The maximum atomic E-state index is 10.9. The molecule has 0 fully saturated rings. The standard InChI is InChI=1S/C12H10ClNO3S/c13-11-3-1-2-4-12(11)14-9-5-7-10(8-6-9)18(15,16)17/h1-8,14H,(H,15,16,17). The Balaban J connectivity index is 2.24. The van der Waals surface area contributed by atoms with E-state index in [1.807, 2.05) is 12.1 Å². The molecule has 2 rings (SSSR count). The summed E-state index contributed by atoms with van der Waals surface area (Å²) in [5.74, 6) is 0. The molecule has 0 spiro atoms. The van der Waals surface area contributed by atoms with Gasteiger partial charge in [0.2, 0.25) is 0 Å². The number of rotatable bonds is 3. The summed E-state index contributed by atoms with van der Waals surface area (Å²) >= 11 is 5.98. The molecular formula is C12H10ClNO3S. The summed E-state index contributed by atoms with van der Waals surface area (Å²) in [5.41, 5.74) is 1.40. The fraction of sp³-hybridized carbons (Fsp3) is 0. The van der Waals surface area contributed by atoms with Gasteiger partial charge in [0.15, 0.2) is 0 Å². The minimum absolute atomic E-state index is 0.146. The van der Waals surface area contributed by atoms with Crippen LogP contribution in [0.4, 0.5) is 11.4 Å². The van der Waals surface area contributed by atoms with Gasteiger partial charge in [-0.1, -0.05) is 23.7 Å². The normalized spacial score (nSPS) is 11.2. The Bertz CT molecular complexity index is 653. The highest BCUT2D eigenvalue weighted by Gasteiger charge is 2.08. The van der Waals surface area contributed by atoms with Crippen LogP contribution in [-0.2, 0) is 10.1 Å². The van der Waals surface area contributed by atoms with E-state index in [0.717, 1.165) is 5.69 Å². The number of hydrogen-bond donors (Lipinski definition) is 2. The third kappa shape index (κ3) is 3.01. The van der Waals surface area contributed by atoms with Crippen molar-refractivity contribution in [2.24, 2.45) is 0 Å². The first-order valence-corrected chi connectivity index (χ1v) is 6.88. The Hall–Kier alpha value is -1.56. The van der Waals surface area contributed by atoms with E-state index in [4.69, 9.17) is 16.2 Å². The minimum atomic E-state index is -4.15. The summed E-state index contributed by atoms with van der Waals surface area (Å²) in [6, 6.07) is 12.9. The lowest BCUT2D eigenvalue weighted by atomic mass is 10.2. The Kier molecular flexibility index (Phi) is 3.56. The number of benzene rings is 2. The van der Waals surface area contributed by atoms with Crippen molar-refractivity contribution in [2.45, 2.75) is 4.90 Å². The molecule has 0 bridgehead atoms. The monoisotopic (exact) mass is 283 g/mol. The molecule has 2 aromatic rings. The molecule has 0 aromatic heterocycles. The van der Waals surface area contributed by atoms with Gasteiger partial charge < -0.3 is 5.32 Å². The van der Waals surface area contributed by atoms with Crippen molar-refractivity contribution < 1.29 is 13.0 Å². The van der Waals surface area contributed by atoms with E-state index in [9.17, 15) is 8.42 Å². The van der Waals surface area contributed by atoms with Gasteiger partial charge in [-0.15, -0.1) is 0 Å². The van der Waals surface area contributed by atoms with Crippen LogP contribution in [0.15, 0.2) is 53.4 Å². The lowest BCUT2D eigenvalue weighted by molar-refractivity contribution is 0.483. The topological polar surface area (TPSA) is 66.4 Å². The first-order valence-electron chi connectivity index (χ1n) is 5.06. The predicted molar refractivity (Wildman–Crippen MR) is 71.0 cm³/mol. The first-order chi connectivity index (χ1) is 8.47. The highest BCUT2D eigenvalue weighted by molar-refractivity contribution is 7.85. The summed E-state index contributed by atoms with van der Waals surface area (Å²) < 4.78 is 30.6. The van der Waals surface area contributed by atoms with Crippen molar-refractivity contribution in [3.63, 3.8) is 0 Å². The van der Waals surface area contributed by atoms with E-state index in [-0.39, 0.29) is 4.90 Å². The van der Waals surface area contributed by atoms with Gasteiger partial charge in [0, 0.05) is 5.69 Å². The summed E-state index contributed by atoms with van der Waals surface area (Å²) in [4.78, 5) is -0.146. The zero-order valence-corrected chi connectivity index (χ0v) is 10.7. The molecule has 0 atom stereocenters. The highest BCUT2D eigenvalue weighted by atomic mass is 35.5. The van der Waals surface area contributed by atoms with Gasteiger partial charge in [0.05, 0.1) is 15.6 Å². The van der Waals surface area contributed by atoms with Crippen LogP contribution in [-0.4, -0.2) is 13.0 Å². The third-order valence-electron chi connectivity index (χ3n) is 2.31.